The fourth-order valence-electron chi connectivity index (χ4n) is 1.71. The Labute approximate surface area is 133 Å². The van der Waals surface area contributed by atoms with Crippen molar-refractivity contribution in [2.45, 2.75) is 30.0 Å². The predicted molar refractivity (Wildman–Crippen MR) is 83.6 cm³/mol. The number of nitrogens with zero attached hydrogens (tertiary/aromatic N) is 1. The van der Waals surface area contributed by atoms with Crippen molar-refractivity contribution in [2.75, 3.05) is 19.1 Å². The zero-order valence-electron chi connectivity index (χ0n) is 12.8. The molecule has 124 valence electrons. The summed E-state index contributed by atoms with van der Waals surface area (Å²) in [5.74, 6) is -2.17. The molecule has 0 aliphatic rings. The van der Waals surface area contributed by atoms with E-state index in [0.29, 0.717) is 4.90 Å². The number of sulfone groups is 1. The van der Waals surface area contributed by atoms with Gasteiger partial charge in [-0.1, -0.05) is 0 Å². The molecule has 0 fully saturated rings. The molecule has 0 saturated carbocycles. The lowest BCUT2D eigenvalue weighted by molar-refractivity contribution is -0.128. The van der Waals surface area contributed by atoms with Gasteiger partial charge in [0.1, 0.15) is 0 Å². The first kappa shape index (κ1) is 18.9. The zero-order chi connectivity index (χ0) is 17.1. The number of carbonyl (C=O) groups excluding carboxylic acids is 1. The number of rotatable bonds is 6. The lowest BCUT2D eigenvalue weighted by atomic mass is 10.2. The minimum absolute atomic E-state index is 0.0163. The minimum Gasteiger partial charge on any atom is -0.341 e. The van der Waals surface area contributed by atoms with Crippen LogP contribution < -0.4 is 0 Å². The first-order valence-electron chi connectivity index (χ1n) is 6.56. The third-order valence-electron chi connectivity index (χ3n) is 3.61. The van der Waals surface area contributed by atoms with Crippen LogP contribution in [0.25, 0.3) is 0 Å². The molecule has 0 heterocycles. The molecule has 0 aromatic heterocycles. The molecule has 0 N–H and O–H groups in total. The highest BCUT2D eigenvalue weighted by Gasteiger charge is 2.27. The van der Waals surface area contributed by atoms with E-state index in [4.69, 9.17) is 0 Å². The minimum atomic E-state index is -3.25. The van der Waals surface area contributed by atoms with Crippen molar-refractivity contribution >= 4 is 27.5 Å². The van der Waals surface area contributed by atoms with Gasteiger partial charge in [0.05, 0.1) is 11.0 Å². The Morgan fingerprint density at radius 2 is 1.86 bits per heavy atom. The highest BCUT2D eigenvalue weighted by Crippen LogP contribution is 2.21. The lowest BCUT2D eigenvalue weighted by Crippen LogP contribution is -2.45. The first-order valence-corrected chi connectivity index (χ1v) is 9.50. The molecule has 1 amide bonds. The molecule has 0 aliphatic heterocycles. The molecule has 22 heavy (non-hydrogen) atoms. The van der Waals surface area contributed by atoms with Crippen LogP contribution in [0.3, 0.4) is 0 Å². The molecule has 0 bridgehead atoms. The fourth-order valence-corrected chi connectivity index (χ4v) is 3.46. The normalized spacial score (nSPS) is 14.5. The van der Waals surface area contributed by atoms with E-state index < -0.39 is 32.8 Å². The number of thioether (sulfide) groups is 1. The summed E-state index contributed by atoms with van der Waals surface area (Å²) in [5.41, 5.74) is 0. The van der Waals surface area contributed by atoms with Crippen molar-refractivity contribution < 1.29 is 22.0 Å². The van der Waals surface area contributed by atoms with Crippen molar-refractivity contribution in [3.63, 3.8) is 0 Å². The second-order valence-corrected chi connectivity index (χ2v) is 8.60. The Kier molecular flexibility index (Phi) is 6.37. The van der Waals surface area contributed by atoms with Gasteiger partial charge in [-0.3, -0.25) is 4.79 Å². The van der Waals surface area contributed by atoms with E-state index in [0.717, 1.165) is 30.2 Å². The summed E-state index contributed by atoms with van der Waals surface area (Å²) in [6.45, 7) is 3.21. The Morgan fingerprint density at radius 1 is 1.27 bits per heavy atom. The molecule has 0 saturated heterocycles. The van der Waals surface area contributed by atoms with Gasteiger partial charge in [0.15, 0.2) is 21.5 Å². The van der Waals surface area contributed by atoms with Crippen LogP contribution in [0.2, 0.25) is 0 Å². The molecule has 0 aliphatic carbocycles. The van der Waals surface area contributed by atoms with E-state index in [1.165, 1.54) is 18.0 Å². The van der Waals surface area contributed by atoms with Crippen LogP contribution in [0.5, 0.6) is 0 Å². The maximum absolute atomic E-state index is 13.1. The molecule has 8 heteroatoms. The third-order valence-corrected chi connectivity index (χ3v) is 6.34. The highest BCUT2D eigenvalue weighted by molar-refractivity contribution is 8.00. The maximum atomic E-state index is 13.1. The van der Waals surface area contributed by atoms with Crippen molar-refractivity contribution in [1.82, 2.24) is 4.90 Å². The average molecular weight is 351 g/mol. The van der Waals surface area contributed by atoms with E-state index >= 15 is 0 Å². The second-order valence-electron chi connectivity index (χ2n) is 5.14. The Bertz CT molecular complexity index is 649. The summed E-state index contributed by atoms with van der Waals surface area (Å²) in [5, 5.41) is -0.685. The molecule has 2 atom stereocenters. The van der Waals surface area contributed by atoms with E-state index in [1.54, 1.807) is 13.8 Å². The monoisotopic (exact) mass is 351 g/mol. The van der Waals surface area contributed by atoms with Gasteiger partial charge in [0.25, 0.3) is 0 Å². The van der Waals surface area contributed by atoms with E-state index in [1.807, 2.05) is 0 Å². The number of hydrogen-bond acceptors (Lipinski definition) is 4. The summed E-state index contributed by atoms with van der Waals surface area (Å²) >= 11 is 1.07. The molecule has 1 aromatic rings. The highest BCUT2D eigenvalue weighted by atomic mass is 32.2. The standard InChI is InChI=1S/C14H19F2NO3S2/c1-9(10(2)22(4,19)20)17(3)14(18)8-21-11-5-6-12(15)13(16)7-11/h5-7,9-10H,8H2,1-4H3. The topological polar surface area (TPSA) is 54.5 Å². The molecular weight excluding hydrogens is 332 g/mol. The van der Waals surface area contributed by atoms with Crippen molar-refractivity contribution in [3.05, 3.63) is 29.8 Å². The predicted octanol–water partition coefficient (Wildman–Crippen LogP) is 2.34. The Morgan fingerprint density at radius 3 is 2.36 bits per heavy atom. The van der Waals surface area contributed by atoms with Gasteiger partial charge >= 0.3 is 0 Å². The fraction of sp³-hybridized carbons (Fsp3) is 0.500. The Balaban J connectivity index is 2.66. The van der Waals surface area contributed by atoms with Crippen molar-refractivity contribution in [2.24, 2.45) is 0 Å². The van der Waals surface area contributed by atoms with Gasteiger partial charge < -0.3 is 4.90 Å². The Hall–Kier alpha value is -1.15. The molecule has 1 aromatic carbocycles. The third kappa shape index (κ3) is 4.95. The van der Waals surface area contributed by atoms with Gasteiger partial charge in [-0.05, 0) is 32.0 Å². The number of halogens is 2. The van der Waals surface area contributed by atoms with Gasteiger partial charge in [-0.25, -0.2) is 17.2 Å². The second kappa shape index (κ2) is 7.41. The van der Waals surface area contributed by atoms with Gasteiger partial charge in [-0.2, -0.15) is 0 Å². The summed E-state index contributed by atoms with van der Waals surface area (Å²) < 4.78 is 48.9. The van der Waals surface area contributed by atoms with Crippen LogP contribution in [0, 0.1) is 11.6 Å². The molecule has 0 radical (unpaired) electrons. The molecular formula is C14H19F2NO3S2. The van der Waals surface area contributed by atoms with Gasteiger partial charge in [-0.15, -0.1) is 11.8 Å². The van der Waals surface area contributed by atoms with Crippen LogP contribution >= 0.6 is 11.8 Å². The van der Waals surface area contributed by atoms with E-state index in [9.17, 15) is 22.0 Å². The van der Waals surface area contributed by atoms with E-state index in [-0.39, 0.29) is 11.7 Å². The van der Waals surface area contributed by atoms with Gasteiger partial charge in [0.2, 0.25) is 5.91 Å². The van der Waals surface area contributed by atoms with Crippen LogP contribution in [0.1, 0.15) is 13.8 Å². The van der Waals surface area contributed by atoms with E-state index in [2.05, 4.69) is 0 Å². The van der Waals surface area contributed by atoms with Crippen molar-refractivity contribution in [3.8, 4) is 0 Å². The molecule has 2 unspecified atom stereocenters. The summed E-state index contributed by atoms with van der Waals surface area (Å²) in [4.78, 5) is 13.9. The quantitative estimate of drug-likeness (QED) is 0.738. The number of carbonyl (C=O) groups is 1. The lowest BCUT2D eigenvalue weighted by Gasteiger charge is -2.28. The molecule has 4 nitrogen and oxygen atoms in total. The molecule has 1 rings (SSSR count). The van der Waals surface area contributed by atoms with Gasteiger partial charge in [0, 0.05) is 24.2 Å². The summed E-state index contributed by atoms with van der Waals surface area (Å²) in [6, 6.07) is 2.93. The number of hydrogen-bond donors (Lipinski definition) is 0. The summed E-state index contributed by atoms with van der Waals surface area (Å²) in [6.07, 6.45) is 1.13. The average Bonchev–Trinajstić information content (AvgIpc) is 2.44. The molecule has 0 spiro atoms. The van der Waals surface area contributed by atoms with Crippen LogP contribution in [-0.4, -0.2) is 49.6 Å². The van der Waals surface area contributed by atoms with Crippen LogP contribution in [-0.2, 0) is 14.6 Å². The first-order chi connectivity index (χ1) is 10.0. The summed E-state index contributed by atoms with van der Waals surface area (Å²) in [7, 11) is -1.72. The maximum Gasteiger partial charge on any atom is 0.232 e. The van der Waals surface area contributed by atoms with Crippen LogP contribution in [0.15, 0.2) is 23.1 Å². The number of benzene rings is 1. The largest absolute Gasteiger partial charge is 0.341 e. The van der Waals surface area contributed by atoms with Crippen LogP contribution in [0.4, 0.5) is 8.78 Å². The smallest absolute Gasteiger partial charge is 0.232 e. The zero-order valence-corrected chi connectivity index (χ0v) is 14.5. The number of amides is 1. The SMILES string of the molecule is CC(C(C)S(C)(=O)=O)N(C)C(=O)CSc1ccc(F)c(F)c1. The van der Waals surface area contributed by atoms with Crippen molar-refractivity contribution in [1.29, 1.82) is 0 Å².